The molecule has 4 heterocycles. The van der Waals surface area contributed by atoms with Crippen LogP contribution < -0.4 is 20.3 Å². The molecule has 5 rings (SSSR count). The van der Waals surface area contributed by atoms with Crippen LogP contribution in [0, 0.1) is 0 Å². The van der Waals surface area contributed by atoms with Gasteiger partial charge in [-0.15, -0.1) is 0 Å². The van der Waals surface area contributed by atoms with Gasteiger partial charge in [0.1, 0.15) is 17.1 Å². The van der Waals surface area contributed by atoms with Gasteiger partial charge in [-0.05, 0) is 38.8 Å². The molecule has 2 aromatic heterocycles. The summed E-state index contributed by atoms with van der Waals surface area (Å²) in [4.78, 5) is 40.0. The Morgan fingerprint density at radius 3 is 2.41 bits per heavy atom. The highest BCUT2D eigenvalue weighted by atomic mass is 35.5. The number of benzene rings is 1. The van der Waals surface area contributed by atoms with Gasteiger partial charge in [0.2, 0.25) is 11.9 Å². The molecule has 3 aromatic rings. The second-order valence-corrected chi connectivity index (χ2v) is 12.0. The molecule has 1 N–H and O–H groups in total. The third kappa shape index (κ3) is 6.37. The van der Waals surface area contributed by atoms with E-state index in [1.807, 2.05) is 4.90 Å². The number of carbonyl (C=O) groups is 1. The summed E-state index contributed by atoms with van der Waals surface area (Å²) >= 11 is 13.5. The molecule has 2 aliphatic rings. The number of ether oxygens (including phenoxy) is 3. The zero-order chi connectivity index (χ0) is 31.5. The highest BCUT2D eigenvalue weighted by Crippen LogP contribution is 2.45. The molecule has 0 radical (unpaired) electrons. The normalized spacial score (nSPS) is 20.6. The van der Waals surface area contributed by atoms with Gasteiger partial charge in [-0.25, -0.2) is 4.98 Å². The Kier molecular flexibility index (Phi) is 9.99. The number of methoxy groups -OCH3 is 2. The second kappa shape index (κ2) is 13.7. The summed E-state index contributed by atoms with van der Waals surface area (Å²) in [5.74, 6) is 1.04. The van der Waals surface area contributed by atoms with Crippen LogP contribution in [0.4, 0.5) is 5.95 Å². The molecule has 3 atom stereocenters. The van der Waals surface area contributed by atoms with E-state index in [4.69, 9.17) is 42.4 Å². The number of fused-ring (bicyclic) bond motifs is 1. The standard InChI is InChI=1S/C31H38Cl2N6O5/c1-6-25(40)37-15-18(2)38(19(3)16-37)9-7-10-39-29-20(14-34-31(36-29)35-21-8-11-44-17-21)12-22(30(39)41)26-27(32)23(42-4)13-24(43-5)28(26)33/h6,12-14,18-19,21H,1,7-11,15-17H2,2-5H3,(H,34,35,36). The van der Waals surface area contributed by atoms with Crippen LogP contribution in [0.15, 0.2) is 35.8 Å². The summed E-state index contributed by atoms with van der Waals surface area (Å²) in [6, 6.07) is 3.70. The number of aryl methyl sites for hydroxylation is 1. The van der Waals surface area contributed by atoms with Gasteiger partial charge in [0.05, 0.1) is 42.5 Å². The van der Waals surface area contributed by atoms with Crippen LogP contribution >= 0.6 is 23.2 Å². The van der Waals surface area contributed by atoms with E-state index in [0.29, 0.717) is 73.3 Å². The summed E-state index contributed by atoms with van der Waals surface area (Å²) in [6.07, 6.45) is 4.57. The Balaban J connectivity index is 1.53. The van der Waals surface area contributed by atoms with Crippen molar-refractivity contribution in [2.24, 2.45) is 0 Å². The van der Waals surface area contributed by atoms with E-state index in [0.717, 1.165) is 13.0 Å². The monoisotopic (exact) mass is 644 g/mol. The van der Waals surface area contributed by atoms with Crippen LogP contribution in [0.2, 0.25) is 10.0 Å². The number of anilines is 1. The van der Waals surface area contributed by atoms with Crippen molar-refractivity contribution in [2.45, 2.75) is 51.4 Å². The zero-order valence-corrected chi connectivity index (χ0v) is 27.0. The Bertz CT molecular complexity index is 1570. The number of hydrogen-bond acceptors (Lipinski definition) is 9. The summed E-state index contributed by atoms with van der Waals surface area (Å²) in [5, 5.41) is 4.39. The smallest absolute Gasteiger partial charge is 0.260 e. The molecule has 2 saturated heterocycles. The van der Waals surface area contributed by atoms with E-state index in [1.54, 1.807) is 22.9 Å². The highest BCUT2D eigenvalue weighted by molar-refractivity contribution is 6.41. The van der Waals surface area contributed by atoms with E-state index >= 15 is 0 Å². The molecule has 1 amide bonds. The van der Waals surface area contributed by atoms with Crippen molar-refractivity contribution in [3.05, 3.63) is 51.4 Å². The molecule has 0 aliphatic carbocycles. The lowest BCUT2D eigenvalue weighted by atomic mass is 10.0. The van der Waals surface area contributed by atoms with Crippen LogP contribution in [0.5, 0.6) is 11.5 Å². The first kappa shape index (κ1) is 32.0. The Labute approximate surface area is 266 Å². The van der Waals surface area contributed by atoms with Gasteiger partial charge in [-0.1, -0.05) is 29.8 Å². The molecule has 3 unspecified atom stereocenters. The maximum atomic E-state index is 14.3. The summed E-state index contributed by atoms with van der Waals surface area (Å²) < 4.78 is 18.1. The summed E-state index contributed by atoms with van der Waals surface area (Å²) in [7, 11) is 2.98. The molecule has 44 heavy (non-hydrogen) atoms. The van der Waals surface area contributed by atoms with Crippen molar-refractivity contribution in [1.82, 2.24) is 24.3 Å². The van der Waals surface area contributed by atoms with Crippen LogP contribution in [-0.4, -0.2) is 95.4 Å². The molecule has 2 fully saturated rings. The third-order valence-electron chi connectivity index (χ3n) is 8.32. The van der Waals surface area contributed by atoms with E-state index in [-0.39, 0.29) is 45.2 Å². The van der Waals surface area contributed by atoms with E-state index in [9.17, 15) is 9.59 Å². The SMILES string of the molecule is C=CC(=O)N1CC(C)N(CCCn2c(=O)c(-c3c(Cl)c(OC)cc(OC)c3Cl)cc3cnc(NC4CCOC4)nc32)C(C)C1. The maximum Gasteiger partial charge on any atom is 0.260 e. The fourth-order valence-electron chi connectivity index (χ4n) is 6.09. The number of aromatic nitrogens is 3. The van der Waals surface area contributed by atoms with E-state index in [2.05, 4.69) is 35.6 Å². The predicted molar refractivity (Wildman–Crippen MR) is 172 cm³/mol. The van der Waals surface area contributed by atoms with Crippen LogP contribution in [-0.2, 0) is 16.1 Å². The van der Waals surface area contributed by atoms with Gasteiger partial charge < -0.3 is 24.4 Å². The quantitative estimate of drug-likeness (QED) is 0.319. The molecular formula is C31H38Cl2N6O5. The summed E-state index contributed by atoms with van der Waals surface area (Å²) in [6.45, 7) is 11.4. The highest BCUT2D eigenvalue weighted by Gasteiger charge is 2.31. The molecule has 2 aliphatic heterocycles. The molecule has 236 valence electrons. The lowest BCUT2D eigenvalue weighted by Gasteiger charge is -2.44. The fraction of sp³-hybridized carbons (Fsp3) is 0.484. The molecule has 0 saturated carbocycles. The Morgan fingerprint density at radius 1 is 1.14 bits per heavy atom. The summed E-state index contributed by atoms with van der Waals surface area (Å²) in [5.41, 5.74) is 0.810. The van der Waals surface area contributed by atoms with Gasteiger partial charge in [-0.2, -0.15) is 4.98 Å². The molecule has 1 aromatic carbocycles. The third-order valence-corrected chi connectivity index (χ3v) is 9.07. The van der Waals surface area contributed by atoms with Crippen molar-refractivity contribution in [2.75, 3.05) is 52.4 Å². The topological polar surface area (TPSA) is 111 Å². The minimum Gasteiger partial charge on any atom is -0.495 e. The number of carbonyl (C=O) groups excluding carboxylic acids is 1. The molecule has 13 heteroatoms. The van der Waals surface area contributed by atoms with Gasteiger partial charge in [0, 0.05) is 68.1 Å². The number of rotatable bonds is 10. The average Bonchev–Trinajstić information content (AvgIpc) is 3.52. The Hall–Kier alpha value is -3.38. The molecule has 11 nitrogen and oxygen atoms in total. The minimum atomic E-state index is -0.298. The van der Waals surface area contributed by atoms with Crippen LogP contribution in [0.1, 0.15) is 26.7 Å². The lowest BCUT2D eigenvalue weighted by Crippen LogP contribution is -2.58. The van der Waals surface area contributed by atoms with Gasteiger partial charge in [0.25, 0.3) is 5.56 Å². The predicted octanol–water partition coefficient (Wildman–Crippen LogP) is 4.48. The minimum absolute atomic E-state index is 0.0575. The maximum absolute atomic E-state index is 14.3. The van der Waals surface area contributed by atoms with Gasteiger partial charge in [0.15, 0.2) is 0 Å². The molecular weight excluding hydrogens is 607 g/mol. The number of halogens is 2. The number of hydrogen-bond donors (Lipinski definition) is 1. The first-order valence-electron chi connectivity index (χ1n) is 14.7. The number of nitrogens with zero attached hydrogens (tertiary/aromatic N) is 5. The molecule has 0 spiro atoms. The molecule has 0 bridgehead atoms. The van der Waals surface area contributed by atoms with Crippen molar-refractivity contribution >= 4 is 46.1 Å². The van der Waals surface area contributed by atoms with Crippen molar-refractivity contribution in [3.8, 4) is 22.6 Å². The number of piperazine rings is 1. The number of nitrogens with one attached hydrogen (secondary N) is 1. The van der Waals surface area contributed by atoms with Crippen LogP contribution in [0.25, 0.3) is 22.2 Å². The fourth-order valence-corrected chi connectivity index (χ4v) is 6.79. The number of amides is 1. The van der Waals surface area contributed by atoms with Crippen molar-refractivity contribution in [3.63, 3.8) is 0 Å². The van der Waals surface area contributed by atoms with Crippen molar-refractivity contribution in [1.29, 1.82) is 0 Å². The zero-order valence-electron chi connectivity index (χ0n) is 25.4. The van der Waals surface area contributed by atoms with Crippen molar-refractivity contribution < 1.29 is 19.0 Å². The van der Waals surface area contributed by atoms with Gasteiger partial charge in [-0.3, -0.25) is 19.1 Å². The van der Waals surface area contributed by atoms with Gasteiger partial charge >= 0.3 is 0 Å². The van der Waals surface area contributed by atoms with E-state index < -0.39 is 0 Å². The largest absolute Gasteiger partial charge is 0.495 e. The Morgan fingerprint density at radius 2 is 1.82 bits per heavy atom. The first-order chi connectivity index (χ1) is 21.2. The average molecular weight is 646 g/mol. The lowest BCUT2D eigenvalue weighted by molar-refractivity contribution is -0.130. The second-order valence-electron chi connectivity index (χ2n) is 11.2. The van der Waals surface area contributed by atoms with Crippen LogP contribution in [0.3, 0.4) is 0 Å². The first-order valence-corrected chi connectivity index (χ1v) is 15.4. The number of pyridine rings is 1. The van der Waals surface area contributed by atoms with E-state index in [1.165, 1.54) is 20.3 Å².